The van der Waals surface area contributed by atoms with E-state index in [4.69, 9.17) is 5.73 Å². The summed E-state index contributed by atoms with van der Waals surface area (Å²) in [6, 6.07) is 0. The molecule has 0 heterocycles. The maximum atomic E-state index is 6.31. The quantitative estimate of drug-likeness (QED) is 0.410. The Labute approximate surface area is 69.6 Å². The van der Waals surface area contributed by atoms with Crippen molar-refractivity contribution in [2.75, 3.05) is 0 Å². The van der Waals surface area contributed by atoms with Gasteiger partial charge >= 0.3 is 0 Å². The van der Waals surface area contributed by atoms with Gasteiger partial charge in [-0.2, -0.15) is 0 Å². The van der Waals surface area contributed by atoms with Crippen molar-refractivity contribution in [1.82, 2.24) is 0 Å². The average Bonchev–Trinajstić information content (AvgIpc) is 0.811. The Kier molecular flexibility index (Phi) is 24.6. The van der Waals surface area contributed by atoms with Crippen LogP contribution in [0, 0.1) is 7.43 Å². The molecule has 0 unspecified atom stereocenters. The minimum Gasteiger partial charge on any atom is -0.693 e. The van der Waals surface area contributed by atoms with Gasteiger partial charge in [-0.05, 0) is 0 Å². The molecule has 0 atom stereocenters. The molecule has 0 aliphatic carbocycles. The van der Waals surface area contributed by atoms with E-state index in [9.17, 15) is 0 Å². The standard InChI is InChI=1S/C2H5NS.CH3.Y/c1-2(3)4;;/h1H3,(H2,3,4);1H3;/q;-1;/p-1. The molecule has 35 valence electrons. The van der Waals surface area contributed by atoms with Crippen molar-refractivity contribution in [2.45, 2.75) is 6.92 Å². The van der Waals surface area contributed by atoms with E-state index < -0.39 is 0 Å². The fourth-order valence-corrected chi connectivity index (χ4v) is 0. The largest absolute Gasteiger partial charge is 0.693 e. The van der Waals surface area contributed by atoms with Gasteiger partial charge in [-0.15, -0.1) is 17.2 Å². The maximum Gasteiger partial charge on any atom is 0 e. The normalized spacial score (nSPS) is 4.17. The van der Waals surface area contributed by atoms with Crippen molar-refractivity contribution in [3.63, 3.8) is 0 Å². The van der Waals surface area contributed by atoms with E-state index in [2.05, 4.69) is 12.2 Å². The Morgan fingerprint density at radius 2 is 1.67 bits per heavy atom. The summed E-state index contributed by atoms with van der Waals surface area (Å²) >= 11 is 4.20. The smallest absolute Gasteiger partial charge is 0 e. The molecule has 0 aromatic heterocycles. The summed E-state index contributed by atoms with van der Waals surface area (Å²) in [7, 11) is 0. The summed E-state index contributed by atoms with van der Waals surface area (Å²) in [5.41, 5.74) is 6.31. The number of hydrogen-bond donors (Lipinski definition) is 0. The molecule has 1 radical (unpaired) electrons. The molecule has 6 heavy (non-hydrogen) atoms. The number of hydrogen-bond acceptors (Lipinski definition) is 1. The first-order valence-electron chi connectivity index (χ1n) is 0.954. The van der Waals surface area contributed by atoms with Gasteiger partial charge in [0.25, 0.3) is 0 Å². The summed E-state index contributed by atoms with van der Waals surface area (Å²) in [5.74, 6) is 0. The zero-order valence-electron chi connectivity index (χ0n) is 3.99. The van der Waals surface area contributed by atoms with Gasteiger partial charge < -0.3 is 13.2 Å². The molecular formula is C3H7NSY-2. The molecule has 0 aliphatic heterocycles. The van der Waals surface area contributed by atoms with Crippen LogP contribution in [-0.4, -0.2) is 4.99 Å². The SMILES string of the molecule is CC([NH-])=S.[CH3-].[Y]. The molecule has 0 amide bonds. The Bertz CT molecular complexity index is 33.8. The molecule has 0 aromatic rings. The monoisotopic (exact) mass is 178 g/mol. The molecular weight excluding hydrogens is 171 g/mol. The molecule has 0 saturated heterocycles. The molecule has 0 saturated carbocycles. The fourth-order valence-electron chi connectivity index (χ4n) is 0. The van der Waals surface area contributed by atoms with Crippen molar-refractivity contribution in [3.8, 4) is 0 Å². The third kappa shape index (κ3) is 80.6. The van der Waals surface area contributed by atoms with Crippen LogP contribution in [0.3, 0.4) is 0 Å². The summed E-state index contributed by atoms with van der Waals surface area (Å²) in [5, 5.41) is 0. The van der Waals surface area contributed by atoms with Crippen LogP contribution in [0.1, 0.15) is 6.92 Å². The van der Waals surface area contributed by atoms with Gasteiger partial charge in [0.15, 0.2) is 0 Å². The molecule has 0 fully saturated rings. The Morgan fingerprint density at radius 1 is 1.67 bits per heavy atom. The van der Waals surface area contributed by atoms with Gasteiger partial charge in [0.2, 0.25) is 0 Å². The predicted octanol–water partition coefficient (Wildman–Crippen LogP) is 1.83. The zero-order chi connectivity index (χ0) is 3.58. The van der Waals surface area contributed by atoms with E-state index in [0.29, 0.717) is 0 Å². The Morgan fingerprint density at radius 3 is 1.67 bits per heavy atom. The van der Waals surface area contributed by atoms with E-state index >= 15 is 0 Å². The summed E-state index contributed by atoms with van der Waals surface area (Å²) < 4.78 is 0. The van der Waals surface area contributed by atoms with Crippen LogP contribution in [0.5, 0.6) is 0 Å². The molecule has 1 N–H and O–H groups in total. The first kappa shape index (κ1) is 15.8. The third-order valence-corrected chi connectivity index (χ3v) is 0. The molecule has 0 aromatic carbocycles. The zero-order valence-corrected chi connectivity index (χ0v) is 7.64. The van der Waals surface area contributed by atoms with Crippen LogP contribution >= 0.6 is 12.2 Å². The van der Waals surface area contributed by atoms with Crippen molar-refractivity contribution in [1.29, 1.82) is 0 Å². The molecule has 0 rings (SSSR count). The molecule has 0 aliphatic rings. The molecule has 3 heteroatoms. The van der Waals surface area contributed by atoms with E-state index in [-0.39, 0.29) is 45.1 Å². The average molecular weight is 178 g/mol. The van der Waals surface area contributed by atoms with E-state index in [0.717, 1.165) is 0 Å². The predicted molar refractivity (Wildman–Crippen MR) is 29.0 cm³/mol. The minimum atomic E-state index is 0. The van der Waals surface area contributed by atoms with E-state index in [1.807, 2.05) is 0 Å². The van der Waals surface area contributed by atoms with Gasteiger partial charge in [-0.1, -0.05) is 6.92 Å². The second kappa shape index (κ2) is 9.37. The second-order valence-electron chi connectivity index (χ2n) is 0.556. The van der Waals surface area contributed by atoms with Crippen LogP contribution in [0.4, 0.5) is 0 Å². The van der Waals surface area contributed by atoms with Gasteiger partial charge in [0.05, 0.1) is 0 Å². The van der Waals surface area contributed by atoms with Gasteiger partial charge in [-0.3, -0.25) is 0 Å². The first-order chi connectivity index (χ1) is 1.73. The van der Waals surface area contributed by atoms with Crippen molar-refractivity contribution >= 4 is 17.2 Å². The van der Waals surface area contributed by atoms with Crippen molar-refractivity contribution in [3.05, 3.63) is 13.2 Å². The van der Waals surface area contributed by atoms with Gasteiger partial charge in [-0.25, -0.2) is 0 Å². The second-order valence-corrected chi connectivity index (χ2v) is 1.17. The topological polar surface area (TPSA) is 23.8 Å². The number of nitrogens with one attached hydrogen (secondary N) is 1. The van der Waals surface area contributed by atoms with Crippen LogP contribution in [0.25, 0.3) is 5.73 Å². The summed E-state index contributed by atoms with van der Waals surface area (Å²) in [6.45, 7) is 1.56. The van der Waals surface area contributed by atoms with Crippen molar-refractivity contribution in [2.24, 2.45) is 0 Å². The Hall–Kier alpha value is 0.994. The van der Waals surface area contributed by atoms with Crippen LogP contribution in [0.15, 0.2) is 0 Å². The third-order valence-electron chi connectivity index (χ3n) is 0. The van der Waals surface area contributed by atoms with E-state index in [1.54, 1.807) is 6.92 Å². The molecule has 1 nitrogen and oxygen atoms in total. The van der Waals surface area contributed by atoms with Crippen LogP contribution < -0.4 is 0 Å². The molecule has 0 spiro atoms. The maximum absolute atomic E-state index is 6.31. The Balaban J connectivity index is -0.0000000450. The summed E-state index contributed by atoms with van der Waals surface area (Å²) in [4.78, 5) is 0.250. The van der Waals surface area contributed by atoms with Gasteiger partial charge in [0, 0.05) is 32.7 Å². The van der Waals surface area contributed by atoms with Crippen LogP contribution in [-0.2, 0) is 32.7 Å². The summed E-state index contributed by atoms with van der Waals surface area (Å²) in [6.07, 6.45) is 0. The number of rotatable bonds is 0. The van der Waals surface area contributed by atoms with E-state index in [1.165, 1.54) is 0 Å². The first-order valence-corrected chi connectivity index (χ1v) is 1.36. The fraction of sp³-hybridized carbons (Fsp3) is 0.333. The molecule has 0 bridgehead atoms. The van der Waals surface area contributed by atoms with Gasteiger partial charge in [0.1, 0.15) is 0 Å². The van der Waals surface area contributed by atoms with Crippen LogP contribution in [0.2, 0.25) is 0 Å². The van der Waals surface area contributed by atoms with Crippen molar-refractivity contribution < 1.29 is 32.7 Å². The number of thiocarbonyl (C=S) groups is 1. The minimum absolute atomic E-state index is 0.